The van der Waals surface area contributed by atoms with E-state index in [2.05, 4.69) is 69.0 Å². The van der Waals surface area contributed by atoms with Crippen LogP contribution < -0.4 is 5.01 Å². The van der Waals surface area contributed by atoms with Crippen molar-refractivity contribution in [2.24, 2.45) is 16.9 Å². The summed E-state index contributed by atoms with van der Waals surface area (Å²) in [4.78, 5) is 0. The topological polar surface area (TPSA) is 15.6 Å². The van der Waals surface area contributed by atoms with Gasteiger partial charge in [0.15, 0.2) is 0 Å². The quantitative estimate of drug-likeness (QED) is 0.775. The SMILES string of the molecule is CC1=NN(c2ccc(C(C)C)cc2)CC1C(C)C. The summed E-state index contributed by atoms with van der Waals surface area (Å²) in [5.41, 5.74) is 3.86. The monoisotopic (exact) mass is 244 g/mol. The Bertz CT molecular complexity index is 429. The summed E-state index contributed by atoms with van der Waals surface area (Å²) >= 11 is 0. The van der Waals surface area contributed by atoms with Gasteiger partial charge in [-0.15, -0.1) is 0 Å². The van der Waals surface area contributed by atoms with Crippen molar-refractivity contribution in [3.8, 4) is 0 Å². The normalized spacial score (nSPS) is 19.8. The van der Waals surface area contributed by atoms with Crippen LogP contribution in [0, 0.1) is 11.8 Å². The first-order valence-electron chi connectivity index (χ1n) is 6.91. The molecule has 1 aliphatic rings. The van der Waals surface area contributed by atoms with Gasteiger partial charge in [0, 0.05) is 18.2 Å². The van der Waals surface area contributed by atoms with Crippen LogP contribution in [0.15, 0.2) is 29.4 Å². The molecule has 0 saturated heterocycles. The fraction of sp³-hybridized carbons (Fsp3) is 0.562. The molecule has 1 aliphatic heterocycles. The van der Waals surface area contributed by atoms with Crippen molar-refractivity contribution in [2.45, 2.75) is 40.5 Å². The van der Waals surface area contributed by atoms with Gasteiger partial charge in [-0.2, -0.15) is 5.10 Å². The fourth-order valence-corrected chi connectivity index (χ4v) is 2.51. The summed E-state index contributed by atoms with van der Waals surface area (Å²) in [5.74, 6) is 1.84. The number of hydrogen-bond donors (Lipinski definition) is 0. The molecule has 2 nitrogen and oxygen atoms in total. The Kier molecular flexibility index (Phi) is 3.74. The molecule has 98 valence electrons. The van der Waals surface area contributed by atoms with Crippen LogP contribution in [-0.4, -0.2) is 12.3 Å². The van der Waals surface area contributed by atoms with Crippen LogP contribution in [0.2, 0.25) is 0 Å². The van der Waals surface area contributed by atoms with Crippen LogP contribution in [0.25, 0.3) is 0 Å². The highest BCUT2D eigenvalue weighted by atomic mass is 15.5. The maximum Gasteiger partial charge on any atom is 0.0594 e. The summed E-state index contributed by atoms with van der Waals surface area (Å²) in [5, 5.41) is 6.83. The fourth-order valence-electron chi connectivity index (χ4n) is 2.51. The second kappa shape index (κ2) is 5.13. The predicted octanol–water partition coefficient (Wildman–Crippen LogP) is 4.28. The standard InChI is InChI=1S/C16H24N2/c1-11(2)14-6-8-15(9-7-14)18-10-16(12(3)4)13(5)17-18/h6-9,11-12,16H,10H2,1-5H3. The van der Waals surface area contributed by atoms with Crippen molar-refractivity contribution in [2.75, 3.05) is 11.6 Å². The first-order valence-corrected chi connectivity index (χ1v) is 6.91. The Morgan fingerprint density at radius 3 is 2.17 bits per heavy atom. The molecule has 1 heterocycles. The largest absolute Gasteiger partial charge is 0.265 e. The first-order chi connectivity index (χ1) is 8.49. The molecule has 0 spiro atoms. The van der Waals surface area contributed by atoms with Crippen molar-refractivity contribution >= 4 is 11.4 Å². The van der Waals surface area contributed by atoms with E-state index in [9.17, 15) is 0 Å². The lowest BCUT2D eigenvalue weighted by molar-refractivity contribution is 0.511. The summed E-state index contributed by atoms with van der Waals surface area (Å²) in [6.45, 7) is 12.2. The average Bonchev–Trinajstić information content (AvgIpc) is 2.71. The molecule has 0 fully saturated rings. The number of hydrazone groups is 1. The number of anilines is 1. The van der Waals surface area contributed by atoms with E-state index in [4.69, 9.17) is 0 Å². The maximum atomic E-state index is 4.69. The van der Waals surface area contributed by atoms with E-state index in [0.717, 1.165) is 6.54 Å². The van der Waals surface area contributed by atoms with Crippen LogP contribution in [-0.2, 0) is 0 Å². The number of nitrogens with zero attached hydrogens (tertiary/aromatic N) is 2. The Hall–Kier alpha value is -1.31. The van der Waals surface area contributed by atoms with Gasteiger partial charge in [0.1, 0.15) is 0 Å². The third-order valence-electron chi connectivity index (χ3n) is 3.85. The van der Waals surface area contributed by atoms with E-state index in [1.165, 1.54) is 17.0 Å². The molecular formula is C16H24N2. The van der Waals surface area contributed by atoms with Crippen molar-refractivity contribution in [1.29, 1.82) is 0 Å². The van der Waals surface area contributed by atoms with Gasteiger partial charge in [-0.05, 0) is 36.5 Å². The number of rotatable bonds is 3. The van der Waals surface area contributed by atoms with Gasteiger partial charge in [0.25, 0.3) is 0 Å². The van der Waals surface area contributed by atoms with Crippen LogP contribution in [0.1, 0.15) is 46.1 Å². The molecule has 0 saturated carbocycles. The lowest BCUT2D eigenvalue weighted by Crippen LogP contribution is -2.22. The van der Waals surface area contributed by atoms with E-state index in [1.54, 1.807) is 0 Å². The Morgan fingerprint density at radius 1 is 1.11 bits per heavy atom. The molecule has 0 bridgehead atoms. The molecule has 0 amide bonds. The van der Waals surface area contributed by atoms with Crippen molar-refractivity contribution in [1.82, 2.24) is 0 Å². The third kappa shape index (κ3) is 2.58. The van der Waals surface area contributed by atoms with Gasteiger partial charge in [0.05, 0.1) is 5.69 Å². The van der Waals surface area contributed by atoms with Gasteiger partial charge in [-0.25, -0.2) is 0 Å². The van der Waals surface area contributed by atoms with Gasteiger partial charge < -0.3 is 0 Å². The minimum Gasteiger partial charge on any atom is -0.265 e. The zero-order valence-corrected chi connectivity index (χ0v) is 12.1. The summed E-state index contributed by atoms with van der Waals surface area (Å²) in [6, 6.07) is 8.81. The Labute approximate surface area is 111 Å². The van der Waals surface area contributed by atoms with Crippen LogP contribution in [0.4, 0.5) is 5.69 Å². The third-order valence-corrected chi connectivity index (χ3v) is 3.85. The highest BCUT2D eigenvalue weighted by Gasteiger charge is 2.26. The van der Waals surface area contributed by atoms with Crippen LogP contribution in [0.5, 0.6) is 0 Å². The van der Waals surface area contributed by atoms with Gasteiger partial charge in [0.2, 0.25) is 0 Å². The Balaban J connectivity index is 2.14. The number of hydrogen-bond acceptors (Lipinski definition) is 2. The predicted molar refractivity (Wildman–Crippen MR) is 79.3 cm³/mol. The van der Waals surface area contributed by atoms with E-state index in [1.807, 2.05) is 0 Å². The smallest absolute Gasteiger partial charge is 0.0594 e. The number of benzene rings is 1. The van der Waals surface area contributed by atoms with Crippen molar-refractivity contribution in [3.63, 3.8) is 0 Å². The molecule has 0 aliphatic carbocycles. The molecular weight excluding hydrogens is 220 g/mol. The highest BCUT2D eigenvalue weighted by Crippen LogP contribution is 2.27. The lowest BCUT2D eigenvalue weighted by Gasteiger charge is -2.18. The van der Waals surface area contributed by atoms with E-state index in [-0.39, 0.29) is 0 Å². The molecule has 1 unspecified atom stereocenters. The van der Waals surface area contributed by atoms with Crippen LogP contribution in [0.3, 0.4) is 0 Å². The van der Waals surface area contributed by atoms with E-state index in [0.29, 0.717) is 17.8 Å². The molecule has 0 radical (unpaired) electrons. The molecule has 0 aromatic heterocycles. The molecule has 1 atom stereocenters. The second-order valence-corrected chi connectivity index (χ2v) is 5.92. The molecule has 2 heteroatoms. The Morgan fingerprint density at radius 2 is 1.72 bits per heavy atom. The summed E-state index contributed by atoms with van der Waals surface area (Å²) in [7, 11) is 0. The molecule has 2 rings (SSSR count). The maximum absolute atomic E-state index is 4.69. The van der Waals surface area contributed by atoms with Crippen LogP contribution >= 0.6 is 0 Å². The highest BCUT2D eigenvalue weighted by molar-refractivity contribution is 5.88. The lowest BCUT2D eigenvalue weighted by atomic mass is 9.92. The molecule has 1 aromatic rings. The van der Waals surface area contributed by atoms with Crippen molar-refractivity contribution in [3.05, 3.63) is 29.8 Å². The van der Waals surface area contributed by atoms with Gasteiger partial charge >= 0.3 is 0 Å². The summed E-state index contributed by atoms with van der Waals surface area (Å²) < 4.78 is 0. The molecule has 0 N–H and O–H groups in total. The average molecular weight is 244 g/mol. The second-order valence-electron chi connectivity index (χ2n) is 5.92. The minimum atomic E-state index is 0.589. The minimum absolute atomic E-state index is 0.589. The molecule has 1 aromatic carbocycles. The van der Waals surface area contributed by atoms with E-state index < -0.39 is 0 Å². The van der Waals surface area contributed by atoms with Gasteiger partial charge in [-0.3, -0.25) is 5.01 Å². The van der Waals surface area contributed by atoms with E-state index >= 15 is 0 Å². The zero-order valence-electron chi connectivity index (χ0n) is 12.1. The molecule has 18 heavy (non-hydrogen) atoms. The van der Waals surface area contributed by atoms with Gasteiger partial charge in [-0.1, -0.05) is 39.8 Å². The van der Waals surface area contributed by atoms with Crippen molar-refractivity contribution < 1.29 is 0 Å². The zero-order chi connectivity index (χ0) is 13.3. The summed E-state index contributed by atoms with van der Waals surface area (Å²) in [6.07, 6.45) is 0. The first kappa shape index (κ1) is 13.1.